The van der Waals surface area contributed by atoms with Gasteiger partial charge in [-0.05, 0) is 45.4 Å². The number of nitrogens with zero attached hydrogens (tertiary/aromatic N) is 4. The number of ether oxygens (including phenoxy) is 1. The van der Waals surface area contributed by atoms with Crippen molar-refractivity contribution >= 4 is 10.2 Å². The Hall–Kier alpha value is -0.960. The van der Waals surface area contributed by atoms with Gasteiger partial charge in [0.25, 0.3) is 10.2 Å². The summed E-state index contributed by atoms with van der Waals surface area (Å²) in [5.41, 5.74) is 2.99. The van der Waals surface area contributed by atoms with Gasteiger partial charge >= 0.3 is 0 Å². The quantitative estimate of drug-likeness (QED) is 0.731. The van der Waals surface area contributed by atoms with Gasteiger partial charge in [-0.25, -0.2) is 0 Å². The summed E-state index contributed by atoms with van der Waals surface area (Å²) in [6, 6.07) is 0.140. The van der Waals surface area contributed by atoms with Gasteiger partial charge in [0.15, 0.2) is 0 Å². The molecule has 7 nitrogen and oxygen atoms in total. The van der Waals surface area contributed by atoms with Crippen molar-refractivity contribution in [2.45, 2.75) is 52.1 Å². The van der Waals surface area contributed by atoms with E-state index in [-0.39, 0.29) is 6.04 Å². The molecule has 2 fully saturated rings. The van der Waals surface area contributed by atoms with E-state index in [4.69, 9.17) is 4.74 Å². The molecule has 0 unspecified atom stereocenters. The zero-order chi connectivity index (χ0) is 18.2. The third-order valence-corrected chi connectivity index (χ3v) is 7.56. The Morgan fingerprint density at radius 3 is 2.32 bits per heavy atom. The molecular weight excluding hydrogens is 340 g/mol. The smallest absolute Gasteiger partial charge is 0.282 e. The first-order chi connectivity index (χ1) is 11.8. The lowest BCUT2D eigenvalue weighted by atomic mass is 9.99. The summed E-state index contributed by atoms with van der Waals surface area (Å²) in [7, 11) is 0.177. The van der Waals surface area contributed by atoms with Crippen LogP contribution in [0.1, 0.15) is 42.6 Å². The summed E-state index contributed by atoms with van der Waals surface area (Å²) in [4.78, 5) is 0. The van der Waals surface area contributed by atoms with Crippen LogP contribution < -0.4 is 0 Å². The van der Waals surface area contributed by atoms with Crippen molar-refractivity contribution in [3.8, 4) is 0 Å². The van der Waals surface area contributed by atoms with Crippen LogP contribution >= 0.6 is 0 Å². The van der Waals surface area contributed by atoms with E-state index in [0.717, 1.165) is 42.6 Å². The molecule has 1 aliphatic heterocycles. The van der Waals surface area contributed by atoms with Crippen LogP contribution in [-0.4, -0.2) is 59.7 Å². The van der Waals surface area contributed by atoms with Gasteiger partial charge in [-0.15, -0.1) is 0 Å². The van der Waals surface area contributed by atoms with Crippen molar-refractivity contribution in [2.75, 3.05) is 26.8 Å². The van der Waals surface area contributed by atoms with Crippen LogP contribution in [0.25, 0.3) is 0 Å². The van der Waals surface area contributed by atoms with Crippen molar-refractivity contribution < 1.29 is 13.2 Å². The van der Waals surface area contributed by atoms with E-state index in [1.807, 2.05) is 25.6 Å². The number of rotatable bonds is 7. The van der Waals surface area contributed by atoms with Crippen LogP contribution in [-0.2, 0) is 28.5 Å². The van der Waals surface area contributed by atoms with Crippen LogP contribution in [0.4, 0.5) is 0 Å². The maximum Gasteiger partial charge on any atom is 0.282 e. The summed E-state index contributed by atoms with van der Waals surface area (Å²) < 4.78 is 36.9. The average Bonchev–Trinajstić information content (AvgIpc) is 3.36. The molecule has 0 spiro atoms. The van der Waals surface area contributed by atoms with Gasteiger partial charge in [-0.3, -0.25) is 4.68 Å². The molecule has 2 aliphatic rings. The minimum Gasteiger partial charge on any atom is -0.384 e. The molecule has 8 heteroatoms. The van der Waals surface area contributed by atoms with Crippen LogP contribution in [0.3, 0.4) is 0 Å². The van der Waals surface area contributed by atoms with Crippen LogP contribution in [0.5, 0.6) is 0 Å². The third kappa shape index (κ3) is 3.92. The van der Waals surface area contributed by atoms with Gasteiger partial charge in [-0.1, -0.05) is 0 Å². The number of piperidine rings is 1. The molecule has 0 amide bonds. The van der Waals surface area contributed by atoms with E-state index in [2.05, 4.69) is 5.10 Å². The van der Waals surface area contributed by atoms with Gasteiger partial charge in [0.2, 0.25) is 0 Å². The monoisotopic (exact) mass is 370 g/mol. The van der Waals surface area contributed by atoms with Crippen LogP contribution in [0.15, 0.2) is 0 Å². The Labute approximate surface area is 151 Å². The van der Waals surface area contributed by atoms with E-state index in [0.29, 0.717) is 32.2 Å². The fourth-order valence-electron chi connectivity index (χ4n) is 3.65. The van der Waals surface area contributed by atoms with E-state index >= 15 is 0 Å². The molecule has 0 atom stereocenters. The topological polar surface area (TPSA) is 67.7 Å². The molecule has 0 radical (unpaired) electrons. The Kier molecular flexibility index (Phi) is 5.53. The molecule has 1 saturated heterocycles. The fourth-order valence-corrected chi connectivity index (χ4v) is 5.50. The first-order valence-corrected chi connectivity index (χ1v) is 10.5. The summed E-state index contributed by atoms with van der Waals surface area (Å²) in [5.74, 6) is 0.466. The molecule has 0 N–H and O–H groups in total. The molecule has 1 aromatic heterocycles. The lowest BCUT2D eigenvalue weighted by Crippen LogP contribution is -2.48. The highest BCUT2D eigenvalue weighted by Crippen LogP contribution is 2.34. The highest BCUT2D eigenvalue weighted by molar-refractivity contribution is 7.86. The van der Waals surface area contributed by atoms with Gasteiger partial charge in [0, 0.05) is 57.7 Å². The highest BCUT2D eigenvalue weighted by Gasteiger charge is 2.42. The first-order valence-electron chi connectivity index (χ1n) is 9.09. The summed E-state index contributed by atoms with van der Waals surface area (Å²) in [5, 5.41) is 4.44. The fraction of sp³-hybridized carbons (Fsp3) is 0.824. The molecule has 1 aliphatic carbocycles. The summed E-state index contributed by atoms with van der Waals surface area (Å²) in [6.45, 7) is 6.28. The maximum atomic E-state index is 13.3. The highest BCUT2D eigenvalue weighted by atomic mass is 32.2. The second-order valence-corrected chi connectivity index (χ2v) is 9.24. The lowest BCUT2D eigenvalue weighted by Gasteiger charge is -2.35. The predicted octanol–water partition coefficient (Wildman–Crippen LogP) is 1.60. The van der Waals surface area contributed by atoms with E-state index in [9.17, 15) is 8.42 Å². The largest absolute Gasteiger partial charge is 0.384 e. The van der Waals surface area contributed by atoms with Gasteiger partial charge < -0.3 is 4.74 Å². The number of methoxy groups -OCH3 is 1. The molecular formula is C17H30N4O3S. The van der Waals surface area contributed by atoms with Crippen molar-refractivity contribution in [3.63, 3.8) is 0 Å². The van der Waals surface area contributed by atoms with Crippen LogP contribution in [0, 0.1) is 19.8 Å². The van der Waals surface area contributed by atoms with E-state index in [1.54, 1.807) is 15.7 Å². The SMILES string of the molecule is COCC1CCN(S(=O)(=O)N(Cc2c(C)nn(C)c2C)C2CC2)CC1. The molecule has 1 saturated carbocycles. The summed E-state index contributed by atoms with van der Waals surface area (Å²) in [6.07, 6.45) is 3.66. The minimum absolute atomic E-state index is 0.140. The Morgan fingerprint density at radius 1 is 1.20 bits per heavy atom. The second-order valence-electron chi connectivity index (χ2n) is 7.35. The first kappa shape index (κ1) is 18.8. The molecule has 25 heavy (non-hydrogen) atoms. The van der Waals surface area contributed by atoms with Gasteiger partial charge in [0.1, 0.15) is 0 Å². The molecule has 142 valence electrons. The standard InChI is InChI=1S/C17H30N4O3S/c1-13-17(14(2)19(3)18-13)11-21(16-5-6-16)25(22,23)20-9-7-15(8-10-20)12-24-4/h15-16H,5-12H2,1-4H3. The third-order valence-electron chi connectivity index (χ3n) is 5.53. The number of aromatic nitrogens is 2. The van der Waals surface area contributed by atoms with Crippen LogP contribution in [0.2, 0.25) is 0 Å². The second kappa shape index (κ2) is 7.34. The van der Waals surface area contributed by atoms with E-state index in [1.165, 1.54) is 0 Å². The zero-order valence-corrected chi connectivity index (χ0v) is 16.5. The molecule has 1 aromatic rings. The molecule has 0 aromatic carbocycles. The normalized spacial score (nSPS) is 20.5. The van der Waals surface area contributed by atoms with Crippen molar-refractivity contribution in [3.05, 3.63) is 17.0 Å². The van der Waals surface area contributed by atoms with Crippen molar-refractivity contribution in [1.82, 2.24) is 18.4 Å². The minimum atomic E-state index is -3.43. The lowest BCUT2D eigenvalue weighted by molar-refractivity contribution is 0.119. The Balaban J connectivity index is 1.76. The van der Waals surface area contributed by atoms with Gasteiger partial charge in [-0.2, -0.15) is 22.1 Å². The van der Waals surface area contributed by atoms with Gasteiger partial charge in [0.05, 0.1) is 5.69 Å². The van der Waals surface area contributed by atoms with E-state index < -0.39 is 10.2 Å². The number of hydrogen-bond donors (Lipinski definition) is 0. The number of hydrogen-bond acceptors (Lipinski definition) is 4. The predicted molar refractivity (Wildman–Crippen MR) is 96.3 cm³/mol. The van der Waals surface area contributed by atoms with Crippen molar-refractivity contribution in [1.29, 1.82) is 0 Å². The Bertz CT molecular complexity index is 704. The molecule has 0 bridgehead atoms. The average molecular weight is 371 g/mol. The van der Waals surface area contributed by atoms with Crippen molar-refractivity contribution in [2.24, 2.45) is 13.0 Å². The molecule has 2 heterocycles. The zero-order valence-electron chi connectivity index (χ0n) is 15.7. The molecule has 3 rings (SSSR count). The Morgan fingerprint density at radius 2 is 1.84 bits per heavy atom. The summed E-state index contributed by atoms with van der Waals surface area (Å²) >= 11 is 0. The maximum absolute atomic E-state index is 13.3. The number of aryl methyl sites for hydroxylation is 2.